The summed E-state index contributed by atoms with van der Waals surface area (Å²) < 4.78 is 27.7. The van der Waals surface area contributed by atoms with Gasteiger partial charge in [-0.2, -0.15) is 4.99 Å². The zero-order chi connectivity index (χ0) is 10.4. The molecule has 2 aliphatic heterocycles. The van der Waals surface area contributed by atoms with Crippen molar-refractivity contribution in [3.05, 3.63) is 0 Å². The van der Waals surface area contributed by atoms with Crippen LogP contribution in [0.25, 0.3) is 0 Å². The van der Waals surface area contributed by atoms with Gasteiger partial charge in [0.2, 0.25) is 5.60 Å². The van der Waals surface area contributed by atoms with Gasteiger partial charge in [-0.15, -0.1) is 0 Å². The Morgan fingerprint density at radius 2 is 2.21 bits per heavy atom. The largest absolute Gasteiger partial charge is 0.447 e. The Hall–Kier alpha value is -1.11. The zero-order valence-electron chi connectivity index (χ0n) is 7.39. The lowest BCUT2D eigenvalue weighted by molar-refractivity contribution is -0.129. The fourth-order valence-electron chi connectivity index (χ4n) is 1.79. The molecule has 0 aromatic carbocycles. The van der Waals surface area contributed by atoms with Crippen LogP contribution in [0, 0.1) is 0 Å². The molecule has 0 bridgehead atoms. The normalized spacial score (nSPS) is 35.4. The predicted molar refractivity (Wildman–Crippen MR) is 48.3 cm³/mol. The van der Waals surface area contributed by atoms with E-state index in [0.717, 1.165) is 0 Å². The van der Waals surface area contributed by atoms with Crippen LogP contribution < -0.4 is 5.73 Å². The van der Waals surface area contributed by atoms with E-state index in [1.807, 2.05) is 0 Å². The van der Waals surface area contributed by atoms with Gasteiger partial charge in [0.05, 0.1) is 11.5 Å². The van der Waals surface area contributed by atoms with Crippen molar-refractivity contribution in [1.29, 1.82) is 0 Å². The summed E-state index contributed by atoms with van der Waals surface area (Å²) in [6.07, 6.45) is 0.784. The monoisotopic (exact) mass is 218 g/mol. The average molecular weight is 218 g/mol. The Kier molecular flexibility index (Phi) is 1.82. The summed E-state index contributed by atoms with van der Waals surface area (Å²) >= 11 is 0. The van der Waals surface area contributed by atoms with Crippen LogP contribution >= 0.6 is 0 Å². The van der Waals surface area contributed by atoms with E-state index in [1.54, 1.807) is 0 Å². The van der Waals surface area contributed by atoms with E-state index in [1.165, 1.54) is 0 Å². The summed E-state index contributed by atoms with van der Waals surface area (Å²) in [5, 5.41) is 0. The highest BCUT2D eigenvalue weighted by atomic mass is 32.2. The molecule has 14 heavy (non-hydrogen) atoms. The molecule has 78 valence electrons. The van der Waals surface area contributed by atoms with Gasteiger partial charge in [-0.3, -0.25) is 4.79 Å². The van der Waals surface area contributed by atoms with Gasteiger partial charge in [0.15, 0.2) is 9.84 Å². The van der Waals surface area contributed by atoms with Crippen molar-refractivity contribution in [2.45, 2.75) is 18.4 Å². The maximum atomic E-state index is 11.4. The summed E-state index contributed by atoms with van der Waals surface area (Å²) in [4.78, 5) is 14.8. The molecule has 7 heteroatoms. The highest BCUT2D eigenvalue weighted by Gasteiger charge is 2.51. The number of amidine groups is 1. The highest BCUT2D eigenvalue weighted by molar-refractivity contribution is 7.91. The van der Waals surface area contributed by atoms with E-state index >= 15 is 0 Å². The third-order valence-electron chi connectivity index (χ3n) is 2.39. The number of nitrogens with two attached hydrogens (primary N) is 1. The minimum Gasteiger partial charge on any atom is -0.447 e. The smallest absolute Gasteiger partial charge is 0.295 e. The van der Waals surface area contributed by atoms with Crippen molar-refractivity contribution in [3.8, 4) is 0 Å². The first-order valence-corrected chi connectivity index (χ1v) is 6.04. The van der Waals surface area contributed by atoms with Gasteiger partial charge in [0.1, 0.15) is 0 Å². The molecule has 0 aliphatic carbocycles. The summed E-state index contributed by atoms with van der Waals surface area (Å²) in [6.45, 7) is 0. The number of hydrogen-bond donors (Lipinski definition) is 1. The first kappa shape index (κ1) is 9.45. The molecule has 0 saturated carbocycles. The van der Waals surface area contributed by atoms with E-state index in [-0.39, 0.29) is 17.5 Å². The van der Waals surface area contributed by atoms with Crippen molar-refractivity contribution in [3.63, 3.8) is 0 Å². The second-order valence-electron chi connectivity index (χ2n) is 3.55. The van der Waals surface area contributed by atoms with Crippen molar-refractivity contribution in [1.82, 2.24) is 0 Å². The van der Waals surface area contributed by atoms with Crippen LogP contribution in [-0.4, -0.2) is 37.5 Å². The maximum absolute atomic E-state index is 11.4. The Bertz CT molecular complexity index is 413. The summed E-state index contributed by atoms with van der Waals surface area (Å²) in [6, 6.07) is -0.230. The van der Waals surface area contributed by atoms with Gasteiger partial charge in [-0.25, -0.2) is 8.42 Å². The number of aliphatic imine (C=N–C) groups is 1. The van der Waals surface area contributed by atoms with Crippen molar-refractivity contribution in [2.75, 3.05) is 11.5 Å². The molecular formula is C7H10N2O4S. The van der Waals surface area contributed by atoms with Crippen LogP contribution in [0.2, 0.25) is 0 Å². The van der Waals surface area contributed by atoms with Gasteiger partial charge in [-0.1, -0.05) is 0 Å². The molecule has 0 aromatic heterocycles. The number of carbonyl (C=O) groups is 1. The first-order valence-electron chi connectivity index (χ1n) is 4.22. The fraction of sp³-hybridized carbons (Fsp3) is 0.714. The Morgan fingerprint density at radius 1 is 1.50 bits per heavy atom. The molecule has 2 N–H and O–H groups in total. The minimum absolute atomic E-state index is 0.102. The van der Waals surface area contributed by atoms with Crippen LogP contribution in [0.1, 0.15) is 12.8 Å². The number of amides is 1. The van der Waals surface area contributed by atoms with Crippen molar-refractivity contribution < 1.29 is 17.9 Å². The molecular weight excluding hydrogens is 208 g/mol. The van der Waals surface area contributed by atoms with E-state index in [4.69, 9.17) is 10.5 Å². The van der Waals surface area contributed by atoms with Gasteiger partial charge in [0.25, 0.3) is 11.9 Å². The molecule has 6 nitrogen and oxygen atoms in total. The molecule has 2 heterocycles. The van der Waals surface area contributed by atoms with Crippen LogP contribution in [0.4, 0.5) is 0 Å². The lowest BCUT2D eigenvalue weighted by Gasteiger charge is -2.29. The number of rotatable bonds is 0. The number of hydrogen-bond acceptors (Lipinski definition) is 5. The average Bonchev–Trinajstić information content (AvgIpc) is 2.24. The van der Waals surface area contributed by atoms with E-state index in [2.05, 4.69) is 4.99 Å². The molecule has 0 aromatic rings. The number of sulfone groups is 1. The summed E-state index contributed by atoms with van der Waals surface area (Å²) in [7, 11) is -3.21. The molecule has 0 radical (unpaired) electrons. The lowest BCUT2D eigenvalue weighted by Crippen LogP contribution is -2.48. The molecule has 2 rings (SSSR count). The lowest BCUT2D eigenvalue weighted by atomic mass is 9.99. The quantitative estimate of drug-likeness (QED) is 0.551. The molecule has 1 atom stereocenters. The van der Waals surface area contributed by atoms with Crippen LogP contribution in [-0.2, 0) is 19.4 Å². The van der Waals surface area contributed by atoms with Gasteiger partial charge in [0, 0.05) is 0 Å². The topological polar surface area (TPSA) is 98.8 Å². The predicted octanol–water partition coefficient (Wildman–Crippen LogP) is -1.19. The number of ether oxygens (including phenoxy) is 1. The second kappa shape index (κ2) is 2.69. The van der Waals surface area contributed by atoms with Crippen LogP contribution in [0.15, 0.2) is 4.99 Å². The molecule has 2 aliphatic rings. The Balaban J connectivity index is 2.31. The van der Waals surface area contributed by atoms with Gasteiger partial charge >= 0.3 is 0 Å². The third-order valence-corrected chi connectivity index (χ3v) is 4.21. The maximum Gasteiger partial charge on any atom is 0.295 e. The minimum atomic E-state index is -3.21. The Labute approximate surface area is 81.1 Å². The summed E-state index contributed by atoms with van der Waals surface area (Å²) in [5.41, 5.74) is 3.91. The molecule has 1 unspecified atom stereocenters. The van der Waals surface area contributed by atoms with E-state index in [9.17, 15) is 13.2 Å². The van der Waals surface area contributed by atoms with Gasteiger partial charge in [-0.05, 0) is 12.8 Å². The molecule has 1 saturated heterocycles. The van der Waals surface area contributed by atoms with Gasteiger partial charge < -0.3 is 10.5 Å². The SMILES string of the molecule is NC1=NC(=O)C2(CCCS(=O)(=O)C2)O1. The zero-order valence-corrected chi connectivity index (χ0v) is 8.21. The van der Waals surface area contributed by atoms with E-state index in [0.29, 0.717) is 12.8 Å². The van der Waals surface area contributed by atoms with E-state index < -0.39 is 21.3 Å². The highest BCUT2D eigenvalue weighted by Crippen LogP contribution is 2.31. The summed E-state index contributed by atoms with van der Waals surface area (Å²) in [5.74, 6) is -0.771. The molecule has 1 amide bonds. The standard InChI is InChI=1S/C7H10N2O4S/c8-6-9-5(10)7(13-6)2-1-3-14(11,12)4-7/h1-4H2,(H2,8,9,10). The first-order chi connectivity index (χ1) is 6.44. The van der Waals surface area contributed by atoms with Crippen molar-refractivity contribution >= 4 is 21.8 Å². The Morgan fingerprint density at radius 3 is 2.71 bits per heavy atom. The number of carbonyl (C=O) groups excluding carboxylic acids is 1. The molecule has 1 fully saturated rings. The number of nitrogens with zero attached hydrogens (tertiary/aromatic N) is 1. The van der Waals surface area contributed by atoms with Crippen LogP contribution in [0.5, 0.6) is 0 Å². The third kappa shape index (κ3) is 1.37. The molecule has 1 spiro atoms. The van der Waals surface area contributed by atoms with Crippen LogP contribution in [0.3, 0.4) is 0 Å². The van der Waals surface area contributed by atoms with Crippen molar-refractivity contribution in [2.24, 2.45) is 10.7 Å². The second-order valence-corrected chi connectivity index (χ2v) is 5.73. The fourth-order valence-corrected chi connectivity index (χ4v) is 3.56.